The van der Waals surface area contributed by atoms with Gasteiger partial charge in [0.15, 0.2) is 0 Å². The SMILES string of the molecule is CC(C)(C)OC(=O)NC1=NC(C)(c2cc(N)ccc2F)Cc2cnccc21. The van der Waals surface area contributed by atoms with Gasteiger partial charge in [-0.3, -0.25) is 15.3 Å². The van der Waals surface area contributed by atoms with Gasteiger partial charge in [0, 0.05) is 35.6 Å². The Morgan fingerprint density at radius 2 is 2.07 bits per heavy atom. The molecule has 1 aliphatic heterocycles. The van der Waals surface area contributed by atoms with Crippen molar-refractivity contribution in [3.63, 3.8) is 0 Å². The third-order valence-corrected chi connectivity index (χ3v) is 4.24. The van der Waals surface area contributed by atoms with Crippen molar-refractivity contribution >= 4 is 17.6 Å². The van der Waals surface area contributed by atoms with Crippen LogP contribution < -0.4 is 11.1 Å². The van der Waals surface area contributed by atoms with Gasteiger partial charge in [0.2, 0.25) is 0 Å². The normalized spacial score (nSPS) is 19.1. The number of nitrogen functional groups attached to an aromatic ring is 1. The molecule has 3 N–H and O–H groups in total. The van der Waals surface area contributed by atoms with Crippen LogP contribution in [0.25, 0.3) is 0 Å². The molecule has 6 nitrogen and oxygen atoms in total. The van der Waals surface area contributed by atoms with Gasteiger partial charge >= 0.3 is 6.09 Å². The van der Waals surface area contributed by atoms with E-state index in [4.69, 9.17) is 10.5 Å². The number of rotatable bonds is 1. The molecule has 27 heavy (non-hydrogen) atoms. The number of aliphatic imine (C=N–C) groups is 1. The van der Waals surface area contributed by atoms with Crippen LogP contribution in [0.3, 0.4) is 0 Å². The van der Waals surface area contributed by atoms with Crippen molar-refractivity contribution in [2.45, 2.75) is 45.3 Å². The first-order chi connectivity index (χ1) is 12.6. The summed E-state index contributed by atoms with van der Waals surface area (Å²) in [6.45, 7) is 7.13. The first-order valence-electron chi connectivity index (χ1n) is 8.66. The summed E-state index contributed by atoms with van der Waals surface area (Å²) in [5.41, 5.74) is 6.65. The predicted octanol–water partition coefficient (Wildman–Crippen LogP) is 3.55. The van der Waals surface area contributed by atoms with Crippen LogP contribution in [0.1, 0.15) is 44.4 Å². The Hall–Kier alpha value is -2.96. The molecule has 0 spiro atoms. The molecule has 1 aromatic carbocycles. The van der Waals surface area contributed by atoms with E-state index in [0.29, 0.717) is 23.5 Å². The van der Waals surface area contributed by atoms with Gasteiger partial charge in [-0.25, -0.2) is 9.18 Å². The molecular formula is C20H23FN4O2. The van der Waals surface area contributed by atoms with Crippen molar-refractivity contribution in [1.29, 1.82) is 0 Å². The smallest absolute Gasteiger partial charge is 0.413 e. The molecule has 0 saturated heterocycles. The predicted molar refractivity (Wildman–Crippen MR) is 102 cm³/mol. The Morgan fingerprint density at radius 3 is 2.78 bits per heavy atom. The lowest BCUT2D eigenvalue weighted by Gasteiger charge is -2.33. The molecule has 0 saturated carbocycles. The number of amides is 1. The lowest BCUT2D eigenvalue weighted by Crippen LogP contribution is -2.41. The number of fused-ring (bicyclic) bond motifs is 1. The van der Waals surface area contributed by atoms with Crippen molar-refractivity contribution in [2.75, 3.05) is 5.73 Å². The van der Waals surface area contributed by atoms with Crippen LogP contribution in [0.5, 0.6) is 0 Å². The van der Waals surface area contributed by atoms with Gasteiger partial charge in [-0.1, -0.05) is 0 Å². The minimum absolute atomic E-state index is 0.317. The summed E-state index contributed by atoms with van der Waals surface area (Å²) >= 11 is 0. The van der Waals surface area contributed by atoms with Gasteiger partial charge in [0.05, 0.1) is 5.54 Å². The van der Waals surface area contributed by atoms with E-state index in [0.717, 1.165) is 11.1 Å². The topological polar surface area (TPSA) is 89.6 Å². The number of anilines is 1. The summed E-state index contributed by atoms with van der Waals surface area (Å²) < 4.78 is 19.9. The van der Waals surface area contributed by atoms with E-state index >= 15 is 0 Å². The lowest BCUT2D eigenvalue weighted by molar-refractivity contribution is 0.0563. The number of ether oxygens (including phenoxy) is 1. The average Bonchev–Trinajstić information content (AvgIpc) is 2.55. The largest absolute Gasteiger partial charge is 0.444 e. The highest BCUT2D eigenvalue weighted by atomic mass is 19.1. The van der Waals surface area contributed by atoms with Crippen molar-refractivity contribution in [3.05, 3.63) is 59.2 Å². The molecule has 1 aliphatic rings. The van der Waals surface area contributed by atoms with Crippen LogP contribution >= 0.6 is 0 Å². The summed E-state index contributed by atoms with van der Waals surface area (Å²) in [5.74, 6) is -0.0865. The maximum absolute atomic E-state index is 14.5. The zero-order valence-corrected chi connectivity index (χ0v) is 15.8. The van der Waals surface area contributed by atoms with Crippen LogP contribution in [0.15, 0.2) is 41.7 Å². The summed E-state index contributed by atoms with van der Waals surface area (Å²) in [7, 11) is 0. The van der Waals surface area contributed by atoms with Crippen LogP contribution in [-0.4, -0.2) is 22.5 Å². The fourth-order valence-electron chi connectivity index (χ4n) is 3.12. The van der Waals surface area contributed by atoms with Crippen molar-refractivity contribution in [1.82, 2.24) is 10.3 Å². The number of hydrogen-bond donors (Lipinski definition) is 2. The second-order valence-electron chi connectivity index (χ2n) is 7.81. The van der Waals surface area contributed by atoms with E-state index in [9.17, 15) is 9.18 Å². The van der Waals surface area contributed by atoms with E-state index in [1.54, 1.807) is 52.2 Å². The quantitative estimate of drug-likeness (QED) is 0.751. The monoisotopic (exact) mass is 370 g/mol. The van der Waals surface area contributed by atoms with Crippen molar-refractivity contribution < 1.29 is 13.9 Å². The minimum Gasteiger partial charge on any atom is -0.444 e. The minimum atomic E-state index is -0.945. The van der Waals surface area contributed by atoms with Gasteiger partial charge in [-0.15, -0.1) is 0 Å². The molecule has 0 aliphatic carbocycles. The number of benzene rings is 1. The molecule has 1 atom stereocenters. The van der Waals surface area contributed by atoms with Crippen LogP contribution in [0.4, 0.5) is 14.9 Å². The summed E-state index contributed by atoms with van der Waals surface area (Å²) in [5, 5.41) is 2.70. The second-order valence-corrected chi connectivity index (χ2v) is 7.81. The maximum atomic E-state index is 14.5. The summed E-state index contributed by atoms with van der Waals surface area (Å²) in [6, 6.07) is 6.17. The number of nitrogens with one attached hydrogen (secondary N) is 1. The standard InChI is InChI=1S/C20H23FN4O2/c1-19(2,3)27-18(26)24-17-14-7-8-23-11-12(14)10-20(4,25-17)15-9-13(22)5-6-16(15)21/h5-9,11H,10,22H2,1-4H3,(H,24,25,26). The lowest BCUT2D eigenvalue weighted by atomic mass is 9.82. The Morgan fingerprint density at radius 1 is 1.33 bits per heavy atom. The number of alkyl carbamates (subject to hydrolysis) is 1. The molecular weight excluding hydrogens is 347 g/mol. The zero-order chi connectivity index (χ0) is 19.8. The van der Waals surface area contributed by atoms with Crippen LogP contribution in [-0.2, 0) is 16.7 Å². The Kier molecular flexibility index (Phi) is 4.63. The van der Waals surface area contributed by atoms with Crippen LogP contribution in [0.2, 0.25) is 0 Å². The van der Waals surface area contributed by atoms with E-state index < -0.39 is 23.1 Å². The highest BCUT2D eigenvalue weighted by Gasteiger charge is 2.36. The van der Waals surface area contributed by atoms with Gasteiger partial charge in [0.25, 0.3) is 0 Å². The van der Waals surface area contributed by atoms with Gasteiger partial charge < -0.3 is 10.5 Å². The number of amidine groups is 1. The molecule has 2 heterocycles. The van der Waals surface area contributed by atoms with Gasteiger partial charge in [0.1, 0.15) is 17.3 Å². The number of pyridine rings is 1. The molecule has 2 aromatic rings. The molecule has 1 amide bonds. The van der Waals surface area contributed by atoms with Crippen molar-refractivity contribution in [2.24, 2.45) is 4.99 Å². The number of carbonyl (C=O) groups is 1. The molecule has 0 fully saturated rings. The Bertz CT molecular complexity index is 920. The number of carbonyl (C=O) groups excluding carboxylic acids is 1. The number of aromatic nitrogens is 1. The number of hydrogen-bond acceptors (Lipinski definition) is 5. The third-order valence-electron chi connectivity index (χ3n) is 4.24. The second kappa shape index (κ2) is 6.64. The number of nitrogens with zero attached hydrogens (tertiary/aromatic N) is 2. The molecule has 142 valence electrons. The molecule has 0 bridgehead atoms. The average molecular weight is 370 g/mol. The molecule has 7 heteroatoms. The van der Waals surface area contributed by atoms with E-state index in [1.165, 1.54) is 12.1 Å². The molecule has 3 rings (SSSR count). The molecule has 1 aromatic heterocycles. The van der Waals surface area contributed by atoms with Crippen molar-refractivity contribution in [3.8, 4) is 0 Å². The highest BCUT2D eigenvalue weighted by Crippen LogP contribution is 2.37. The van der Waals surface area contributed by atoms with Gasteiger partial charge in [-0.2, -0.15) is 0 Å². The Balaban J connectivity index is 2.05. The molecule has 1 unspecified atom stereocenters. The number of halogens is 1. The summed E-state index contributed by atoms with van der Waals surface area (Å²) in [4.78, 5) is 21.1. The fourth-order valence-corrected chi connectivity index (χ4v) is 3.12. The van der Waals surface area contributed by atoms with E-state index in [2.05, 4.69) is 15.3 Å². The zero-order valence-electron chi connectivity index (χ0n) is 15.8. The third kappa shape index (κ3) is 4.07. The fraction of sp³-hybridized carbons (Fsp3) is 0.350. The van der Waals surface area contributed by atoms with E-state index in [-0.39, 0.29) is 0 Å². The summed E-state index contributed by atoms with van der Waals surface area (Å²) in [6.07, 6.45) is 3.12. The maximum Gasteiger partial charge on any atom is 0.413 e. The first kappa shape index (κ1) is 18.8. The van der Waals surface area contributed by atoms with Crippen LogP contribution in [0, 0.1) is 5.82 Å². The first-order valence-corrected chi connectivity index (χ1v) is 8.66. The highest BCUT2D eigenvalue weighted by molar-refractivity contribution is 6.08. The van der Waals surface area contributed by atoms with Gasteiger partial charge in [-0.05, 0) is 57.5 Å². The number of nitrogens with two attached hydrogens (primary N) is 1. The van der Waals surface area contributed by atoms with E-state index in [1.807, 2.05) is 0 Å². The Labute approximate surface area is 157 Å². The molecule has 0 radical (unpaired) electrons.